The van der Waals surface area contributed by atoms with Crippen LogP contribution in [0.25, 0.3) is 0 Å². The van der Waals surface area contributed by atoms with Crippen molar-refractivity contribution in [1.82, 2.24) is 0 Å². The molecule has 1 saturated carbocycles. The highest BCUT2D eigenvalue weighted by Gasteiger charge is 2.24. The van der Waals surface area contributed by atoms with Crippen molar-refractivity contribution in [2.75, 3.05) is 5.32 Å². The minimum atomic E-state index is 0.573. The summed E-state index contributed by atoms with van der Waals surface area (Å²) < 4.78 is 0.979. The molecule has 1 N–H and O–H groups in total. The van der Waals surface area contributed by atoms with Crippen molar-refractivity contribution in [2.45, 2.75) is 39.2 Å². The SMILES string of the molecule is CC1CC(C)CC(Nc2cccc(Cl)c2Br)C1. The molecular weight excluding hydrogens is 298 g/mol. The maximum absolute atomic E-state index is 6.10. The van der Waals surface area contributed by atoms with E-state index in [4.69, 9.17) is 11.6 Å². The summed E-state index contributed by atoms with van der Waals surface area (Å²) in [4.78, 5) is 0. The van der Waals surface area contributed by atoms with Crippen LogP contribution < -0.4 is 5.32 Å². The maximum atomic E-state index is 6.10. The lowest BCUT2D eigenvalue weighted by atomic mass is 9.80. The van der Waals surface area contributed by atoms with E-state index < -0.39 is 0 Å². The quantitative estimate of drug-likeness (QED) is 0.776. The highest BCUT2D eigenvalue weighted by molar-refractivity contribution is 9.10. The van der Waals surface area contributed by atoms with Gasteiger partial charge in [-0.2, -0.15) is 0 Å². The molecule has 0 aliphatic heterocycles. The van der Waals surface area contributed by atoms with Crippen LogP contribution in [0, 0.1) is 11.8 Å². The van der Waals surface area contributed by atoms with Crippen molar-refractivity contribution in [1.29, 1.82) is 0 Å². The van der Waals surface area contributed by atoms with Crippen LogP contribution in [0.3, 0.4) is 0 Å². The highest BCUT2D eigenvalue weighted by atomic mass is 79.9. The maximum Gasteiger partial charge on any atom is 0.0593 e. The van der Waals surface area contributed by atoms with Gasteiger partial charge in [-0.25, -0.2) is 0 Å². The molecule has 0 radical (unpaired) electrons. The van der Waals surface area contributed by atoms with E-state index in [0.29, 0.717) is 6.04 Å². The normalized spacial score (nSPS) is 29.1. The molecule has 2 rings (SSSR count). The average Bonchev–Trinajstić information content (AvgIpc) is 2.23. The smallest absolute Gasteiger partial charge is 0.0593 e. The van der Waals surface area contributed by atoms with Gasteiger partial charge < -0.3 is 5.32 Å². The average molecular weight is 317 g/mol. The number of hydrogen-bond donors (Lipinski definition) is 1. The molecule has 0 bridgehead atoms. The molecular formula is C14H19BrClN. The summed E-state index contributed by atoms with van der Waals surface area (Å²) in [5.41, 5.74) is 1.11. The summed E-state index contributed by atoms with van der Waals surface area (Å²) in [6.07, 6.45) is 3.86. The minimum Gasteiger partial charge on any atom is -0.381 e. The summed E-state index contributed by atoms with van der Waals surface area (Å²) in [5.74, 6) is 1.63. The number of hydrogen-bond acceptors (Lipinski definition) is 1. The van der Waals surface area contributed by atoms with Gasteiger partial charge in [0.2, 0.25) is 0 Å². The molecule has 17 heavy (non-hydrogen) atoms. The molecule has 1 fully saturated rings. The predicted octanol–water partition coefficient (Wildman–Crippen LogP) is 5.34. The first kappa shape index (κ1) is 13.2. The van der Waals surface area contributed by atoms with Crippen molar-refractivity contribution in [2.24, 2.45) is 11.8 Å². The second kappa shape index (κ2) is 5.62. The molecule has 1 aromatic rings. The lowest BCUT2D eigenvalue weighted by Crippen LogP contribution is -2.30. The second-order valence-corrected chi connectivity index (χ2v) is 6.56. The Balaban J connectivity index is 2.07. The van der Waals surface area contributed by atoms with E-state index in [2.05, 4.69) is 41.2 Å². The van der Waals surface area contributed by atoms with Crippen molar-refractivity contribution >= 4 is 33.2 Å². The van der Waals surface area contributed by atoms with Crippen LogP contribution in [0.1, 0.15) is 33.1 Å². The molecule has 3 heteroatoms. The third-order valence-electron chi connectivity index (χ3n) is 3.49. The summed E-state index contributed by atoms with van der Waals surface area (Å²) in [6.45, 7) is 4.69. The molecule has 2 unspecified atom stereocenters. The van der Waals surface area contributed by atoms with Gasteiger partial charge in [-0.05, 0) is 59.2 Å². The zero-order valence-corrected chi connectivity index (χ0v) is 12.7. The molecule has 2 atom stereocenters. The van der Waals surface area contributed by atoms with Gasteiger partial charge in [0.25, 0.3) is 0 Å². The fourth-order valence-corrected chi connectivity index (χ4v) is 3.45. The summed E-state index contributed by atoms with van der Waals surface area (Å²) >= 11 is 9.64. The topological polar surface area (TPSA) is 12.0 Å². The molecule has 1 nitrogen and oxygen atoms in total. The monoisotopic (exact) mass is 315 g/mol. The van der Waals surface area contributed by atoms with Gasteiger partial charge in [0.05, 0.1) is 15.2 Å². The molecule has 0 aromatic heterocycles. The van der Waals surface area contributed by atoms with E-state index in [0.717, 1.165) is 27.0 Å². The van der Waals surface area contributed by atoms with Crippen LogP contribution >= 0.6 is 27.5 Å². The Hall–Kier alpha value is -0.210. The number of nitrogens with one attached hydrogen (secondary N) is 1. The molecule has 0 spiro atoms. The third-order valence-corrected chi connectivity index (χ3v) is 4.89. The summed E-state index contributed by atoms with van der Waals surface area (Å²) in [5, 5.41) is 4.39. The van der Waals surface area contributed by atoms with Crippen LogP contribution in [0.15, 0.2) is 22.7 Å². The standard InChI is InChI=1S/C14H19BrClN/c1-9-6-10(2)8-11(7-9)17-13-5-3-4-12(16)14(13)15/h3-5,9-11,17H,6-8H2,1-2H3. The zero-order chi connectivity index (χ0) is 12.4. The fraction of sp³-hybridized carbons (Fsp3) is 0.571. The lowest BCUT2D eigenvalue weighted by Gasteiger charge is -2.32. The van der Waals surface area contributed by atoms with E-state index in [9.17, 15) is 0 Å². The van der Waals surface area contributed by atoms with E-state index in [1.165, 1.54) is 19.3 Å². The van der Waals surface area contributed by atoms with Crippen LogP contribution in [-0.4, -0.2) is 6.04 Å². The van der Waals surface area contributed by atoms with Gasteiger partial charge in [-0.15, -0.1) is 0 Å². The Bertz CT molecular complexity index is 384. The molecule has 1 aromatic carbocycles. The van der Waals surface area contributed by atoms with E-state index in [1.807, 2.05) is 12.1 Å². The predicted molar refractivity (Wildman–Crippen MR) is 78.7 cm³/mol. The number of benzene rings is 1. The van der Waals surface area contributed by atoms with Gasteiger partial charge in [-0.1, -0.05) is 31.5 Å². The molecule has 1 aliphatic carbocycles. The Morgan fingerprint density at radius 2 is 1.82 bits per heavy atom. The fourth-order valence-electron chi connectivity index (χ4n) is 2.90. The van der Waals surface area contributed by atoms with Gasteiger partial charge in [0, 0.05) is 6.04 Å². The molecule has 94 valence electrons. The van der Waals surface area contributed by atoms with Crippen molar-refractivity contribution in [3.8, 4) is 0 Å². The number of halogens is 2. The molecule has 0 amide bonds. The van der Waals surface area contributed by atoms with Crippen molar-refractivity contribution in [3.05, 3.63) is 27.7 Å². The van der Waals surface area contributed by atoms with E-state index in [-0.39, 0.29) is 0 Å². The van der Waals surface area contributed by atoms with Gasteiger partial charge in [0.15, 0.2) is 0 Å². The van der Waals surface area contributed by atoms with Gasteiger partial charge in [-0.3, -0.25) is 0 Å². The van der Waals surface area contributed by atoms with E-state index in [1.54, 1.807) is 0 Å². The van der Waals surface area contributed by atoms with Crippen LogP contribution in [0.5, 0.6) is 0 Å². The lowest BCUT2D eigenvalue weighted by molar-refractivity contribution is 0.281. The first-order valence-electron chi connectivity index (χ1n) is 6.26. The van der Waals surface area contributed by atoms with Crippen molar-refractivity contribution < 1.29 is 0 Å². The Labute approximate surface area is 117 Å². The highest BCUT2D eigenvalue weighted by Crippen LogP contribution is 2.34. The number of rotatable bonds is 2. The van der Waals surface area contributed by atoms with Crippen LogP contribution in [0.4, 0.5) is 5.69 Å². The van der Waals surface area contributed by atoms with Crippen LogP contribution in [-0.2, 0) is 0 Å². The van der Waals surface area contributed by atoms with E-state index >= 15 is 0 Å². The van der Waals surface area contributed by atoms with Gasteiger partial charge in [0.1, 0.15) is 0 Å². The van der Waals surface area contributed by atoms with Crippen LogP contribution in [0.2, 0.25) is 5.02 Å². The largest absolute Gasteiger partial charge is 0.381 e. The van der Waals surface area contributed by atoms with Gasteiger partial charge >= 0.3 is 0 Å². The minimum absolute atomic E-state index is 0.573. The molecule has 1 aliphatic rings. The zero-order valence-electron chi connectivity index (χ0n) is 10.3. The van der Waals surface area contributed by atoms with Crippen molar-refractivity contribution in [3.63, 3.8) is 0 Å². The Kier molecular flexibility index (Phi) is 4.37. The summed E-state index contributed by atoms with van der Waals surface area (Å²) in [6, 6.07) is 6.55. The molecule has 0 saturated heterocycles. The number of anilines is 1. The first-order chi connectivity index (χ1) is 8.06. The summed E-state index contributed by atoms with van der Waals surface area (Å²) in [7, 11) is 0. The second-order valence-electron chi connectivity index (χ2n) is 5.36. The third kappa shape index (κ3) is 3.38. The Morgan fingerprint density at radius 3 is 2.47 bits per heavy atom. The molecule has 0 heterocycles. The Morgan fingerprint density at radius 1 is 1.18 bits per heavy atom. The first-order valence-corrected chi connectivity index (χ1v) is 7.44.